The summed E-state index contributed by atoms with van der Waals surface area (Å²) in [5.41, 5.74) is 14.2. The molecule has 0 fully saturated rings. The van der Waals surface area contributed by atoms with Crippen LogP contribution in [-0.2, 0) is 17.9 Å². The van der Waals surface area contributed by atoms with E-state index in [4.69, 9.17) is 0 Å². The standard InChI is InChI=1S/2C16H13.2C6H5.2ClH.H3Si.Zr/c2*1-12-10-14-8-5-9-15(16(14)11-12)13-6-3-2-4-7-13;2*1-2-4-6-5-3-1;;;;/h2*2-11H,1H3;2*1-5H;2*1H;1H3;/q;;;;;;;+2/p-2. The third-order valence-electron chi connectivity index (χ3n) is 11.3. The Morgan fingerprint density at radius 3 is 1.10 bits per heavy atom. The number of allylic oxidation sites excluding steroid dienone is 2. The minimum atomic E-state index is -4.50. The number of benzene rings is 6. The van der Waals surface area contributed by atoms with E-state index >= 15 is 0 Å². The van der Waals surface area contributed by atoms with Crippen LogP contribution in [0.2, 0.25) is 0 Å². The molecule has 8 rings (SSSR count). The van der Waals surface area contributed by atoms with Crippen LogP contribution in [0.5, 0.6) is 0 Å². The van der Waals surface area contributed by atoms with Gasteiger partial charge >= 0.3 is 278 Å². The smallest absolute Gasteiger partial charge is 1.00 e. The third kappa shape index (κ3) is 5.04. The molecule has 0 aliphatic heterocycles. The third-order valence-corrected chi connectivity index (χ3v) is 45.2. The van der Waals surface area contributed by atoms with E-state index in [1.165, 1.54) is 55.7 Å². The van der Waals surface area contributed by atoms with Gasteiger partial charge in [0.1, 0.15) is 0 Å². The minimum absolute atomic E-state index is 0. The predicted molar refractivity (Wildman–Crippen MR) is 199 cm³/mol. The van der Waals surface area contributed by atoms with Gasteiger partial charge in [0.2, 0.25) is 0 Å². The van der Waals surface area contributed by atoms with Crippen LogP contribution in [0.15, 0.2) is 169 Å². The number of hydrogen-bond donors (Lipinski definition) is 0. The molecule has 2 aliphatic rings. The van der Waals surface area contributed by atoms with Gasteiger partial charge in [-0.15, -0.1) is 0 Å². The second-order valence-corrected chi connectivity index (χ2v) is 41.7. The molecule has 2 unspecified atom stereocenters. The van der Waals surface area contributed by atoms with Crippen molar-refractivity contribution >= 4 is 26.1 Å². The van der Waals surface area contributed by atoms with E-state index in [0.29, 0.717) is 7.25 Å². The summed E-state index contributed by atoms with van der Waals surface area (Å²) in [6.07, 6.45) is 5.10. The zero-order valence-corrected chi connectivity index (χ0v) is 33.5. The van der Waals surface area contributed by atoms with Crippen LogP contribution in [0, 0.1) is 0 Å². The molecule has 0 amide bonds. The summed E-state index contributed by atoms with van der Waals surface area (Å²) in [4.78, 5) is 0. The quantitative estimate of drug-likeness (QED) is 0.229. The van der Waals surface area contributed by atoms with E-state index in [9.17, 15) is 0 Å². The molecule has 0 aromatic heterocycles. The summed E-state index contributed by atoms with van der Waals surface area (Å²) in [5, 5.41) is 0. The van der Waals surface area contributed by atoms with Crippen LogP contribution in [0.25, 0.3) is 34.4 Å². The van der Waals surface area contributed by atoms with E-state index in [1.807, 2.05) is 0 Å². The molecule has 2 aliphatic carbocycles. The first-order valence-corrected chi connectivity index (χ1v) is 30.2. The molecule has 0 spiro atoms. The SMILES string of the molecule is CC1=Cc2c(-c3ccccc3)cccc2[CH]1[Zr+2]([SiH3])([c]1ccccc1)([c]1ccccc1)[CH]1C(C)=Cc2c(-c3ccccc3)cccc21.[Cl-].[Cl-]. The normalized spacial score (nSPS) is 16.6. The van der Waals surface area contributed by atoms with Gasteiger partial charge in [0.05, 0.1) is 0 Å². The van der Waals surface area contributed by atoms with Gasteiger partial charge in [-0.25, -0.2) is 0 Å². The molecule has 4 heteroatoms. The van der Waals surface area contributed by atoms with E-state index in [1.54, 1.807) is 6.54 Å². The Morgan fingerprint density at radius 1 is 0.417 bits per heavy atom. The fraction of sp³-hybridized carbons (Fsp3) is 0.0909. The van der Waals surface area contributed by atoms with Crippen molar-refractivity contribution in [1.82, 2.24) is 0 Å². The fourth-order valence-electron chi connectivity index (χ4n) is 9.58. The molecule has 237 valence electrons. The van der Waals surface area contributed by atoms with Gasteiger partial charge < -0.3 is 24.8 Å². The Hall–Kier alpha value is -3.52. The van der Waals surface area contributed by atoms with Crippen molar-refractivity contribution in [2.45, 2.75) is 21.1 Å². The van der Waals surface area contributed by atoms with Gasteiger partial charge in [-0.05, 0) is 0 Å². The molecular weight excluding hydrogens is 719 g/mol. The monoisotopic (exact) mass is 755 g/mol. The van der Waals surface area contributed by atoms with E-state index in [0.717, 1.165) is 7.37 Å². The van der Waals surface area contributed by atoms with Crippen molar-refractivity contribution in [2.75, 3.05) is 0 Å². The number of rotatable bonds is 6. The van der Waals surface area contributed by atoms with Crippen molar-refractivity contribution in [3.05, 3.63) is 191 Å². The van der Waals surface area contributed by atoms with Crippen molar-refractivity contribution in [3.8, 4) is 22.3 Å². The first-order valence-electron chi connectivity index (χ1n) is 16.5. The van der Waals surface area contributed by atoms with Crippen LogP contribution in [0.3, 0.4) is 0 Å². The van der Waals surface area contributed by atoms with Crippen LogP contribution in [-0.4, -0.2) is 7.37 Å². The van der Waals surface area contributed by atoms with Crippen molar-refractivity contribution in [2.24, 2.45) is 0 Å². The van der Waals surface area contributed by atoms with Crippen LogP contribution in [0.4, 0.5) is 0 Å². The maximum Gasteiger partial charge on any atom is -1.00 e. The van der Waals surface area contributed by atoms with Gasteiger partial charge in [-0.1, -0.05) is 0 Å². The maximum absolute atomic E-state index is 4.50. The Balaban J connectivity index is 0.00000201. The summed E-state index contributed by atoms with van der Waals surface area (Å²) in [5.74, 6) is 0. The van der Waals surface area contributed by atoms with Crippen molar-refractivity contribution in [3.63, 3.8) is 0 Å². The average molecular weight is 758 g/mol. The average Bonchev–Trinajstić information content (AvgIpc) is 3.66. The predicted octanol–water partition coefficient (Wildman–Crippen LogP) is 3.27. The maximum atomic E-state index is 2.55. The van der Waals surface area contributed by atoms with Gasteiger partial charge in [-0.3, -0.25) is 0 Å². The summed E-state index contributed by atoms with van der Waals surface area (Å²) in [6, 6.07) is 59.8. The molecule has 0 heterocycles. The molecule has 0 N–H and O–H groups in total. The summed E-state index contributed by atoms with van der Waals surface area (Å²) in [6.45, 7) is 4.87. The Morgan fingerprint density at radius 2 is 0.750 bits per heavy atom. The van der Waals surface area contributed by atoms with Gasteiger partial charge in [0.15, 0.2) is 0 Å². The fourth-order valence-corrected chi connectivity index (χ4v) is 44.2. The van der Waals surface area contributed by atoms with Crippen LogP contribution < -0.4 is 31.4 Å². The Kier molecular flexibility index (Phi) is 9.60. The Bertz CT molecular complexity index is 1990. The van der Waals surface area contributed by atoms with E-state index in [-0.39, 0.29) is 24.8 Å². The zero-order chi connectivity index (χ0) is 31.3. The molecule has 0 bridgehead atoms. The summed E-state index contributed by atoms with van der Waals surface area (Å²) in [7, 11) is 1.09. The minimum Gasteiger partial charge on any atom is -1.00 e. The largest absolute Gasteiger partial charge is 1.00 e. The van der Waals surface area contributed by atoms with Crippen molar-refractivity contribution in [1.29, 1.82) is 0 Å². The molecule has 0 radical (unpaired) electrons. The van der Waals surface area contributed by atoms with Gasteiger partial charge in [0.25, 0.3) is 0 Å². The van der Waals surface area contributed by atoms with E-state index < -0.39 is 17.9 Å². The van der Waals surface area contributed by atoms with Crippen molar-refractivity contribution < 1.29 is 42.8 Å². The zero-order valence-electron chi connectivity index (χ0n) is 27.6. The molecule has 48 heavy (non-hydrogen) atoms. The Labute approximate surface area is 301 Å². The first kappa shape index (κ1) is 34.3. The molecule has 2 atom stereocenters. The van der Waals surface area contributed by atoms with Crippen LogP contribution in [0.1, 0.15) is 43.4 Å². The molecule has 6 aromatic carbocycles. The van der Waals surface area contributed by atoms with Gasteiger partial charge in [0, 0.05) is 0 Å². The summed E-state index contributed by atoms with van der Waals surface area (Å²) >= 11 is -4.50. The molecule has 0 saturated heterocycles. The van der Waals surface area contributed by atoms with Crippen LogP contribution >= 0.6 is 0 Å². The topological polar surface area (TPSA) is 0 Å². The molecule has 6 aromatic rings. The molecule has 0 saturated carbocycles. The second kappa shape index (κ2) is 13.4. The number of fused-ring (bicyclic) bond motifs is 2. The first-order chi connectivity index (χ1) is 22.5. The number of hydrogen-bond acceptors (Lipinski definition) is 0. The summed E-state index contributed by atoms with van der Waals surface area (Å²) < 4.78 is 3.92. The molecule has 0 nitrogen and oxygen atoms in total. The van der Waals surface area contributed by atoms with E-state index in [2.05, 4.69) is 184 Å². The second-order valence-electron chi connectivity index (χ2n) is 13.7. The molecular formula is C44H39Cl2SiZr. The number of halogens is 2. The van der Waals surface area contributed by atoms with Gasteiger partial charge in [-0.2, -0.15) is 0 Å².